The molecule has 0 spiro atoms. The van der Waals surface area contributed by atoms with Crippen LogP contribution in [0.3, 0.4) is 0 Å². The van der Waals surface area contributed by atoms with Crippen molar-refractivity contribution >= 4 is 0 Å². The lowest BCUT2D eigenvalue weighted by atomic mass is 9.70. The van der Waals surface area contributed by atoms with Crippen LogP contribution in [0.15, 0.2) is 0 Å². The molecule has 0 aromatic carbocycles. The number of hydrogen-bond acceptors (Lipinski definition) is 4. The van der Waals surface area contributed by atoms with Crippen LogP contribution in [0.4, 0.5) is 0 Å². The highest BCUT2D eigenvalue weighted by Crippen LogP contribution is 2.46. The van der Waals surface area contributed by atoms with Gasteiger partial charge in [0.1, 0.15) is 5.60 Å². The molecule has 1 heterocycles. The number of aryl methyl sites for hydroxylation is 2. The minimum absolute atomic E-state index is 0.313. The van der Waals surface area contributed by atoms with Crippen molar-refractivity contribution in [1.29, 1.82) is 0 Å². The van der Waals surface area contributed by atoms with Crippen LogP contribution in [0.25, 0.3) is 0 Å². The maximum atomic E-state index is 5.92. The van der Waals surface area contributed by atoms with Crippen LogP contribution in [0, 0.1) is 19.3 Å². The van der Waals surface area contributed by atoms with Gasteiger partial charge in [-0.2, -0.15) is 0 Å². The Bertz CT molecular complexity index is 478. The van der Waals surface area contributed by atoms with Crippen molar-refractivity contribution in [3.63, 3.8) is 0 Å². The summed E-state index contributed by atoms with van der Waals surface area (Å²) in [6, 6.07) is 0. The van der Waals surface area contributed by atoms with E-state index in [0.29, 0.717) is 12.0 Å². The van der Waals surface area contributed by atoms with E-state index in [1.54, 1.807) is 7.11 Å². The van der Waals surface area contributed by atoms with Crippen LogP contribution in [-0.4, -0.2) is 23.6 Å². The third kappa shape index (κ3) is 3.27. The molecule has 4 heteroatoms. The Kier molecular flexibility index (Phi) is 4.69. The van der Waals surface area contributed by atoms with Crippen molar-refractivity contribution in [3.8, 4) is 0 Å². The molecule has 1 fully saturated rings. The van der Waals surface area contributed by atoms with E-state index in [4.69, 9.17) is 20.4 Å². The van der Waals surface area contributed by atoms with Crippen LogP contribution in [0.1, 0.15) is 62.3 Å². The van der Waals surface area contributed by atoms with E-state index in [-0.39, 0.29) is 5.60 Å². The van der Waals surface area contributed by atoms with E-state index in [0.717, 1.165) is 49.3 Å². The Morgan fingerprint density at radius 1 is 1.05 bits per heavy atom. The fourth-order valence-electron chi connectivity index (χ4n) is 3.30. The topological polar surface area (TPSA) is 61.0 Å². The van der Waals surface area contributed by atoms with Gasteiger partial charge in [0.15, 0.2) is 5.82 Å². The zero-order valence-electron chi connectivity index (χ0n) is 14.1. The van der Waals surface area contributed by atoms with E-state index in [1.807, 2.05) is 0 Å². The van der Waals surface area contributed by atoms with Crippen molar-refractivity contribution in [2.24, 2.45) is 11.1 Å². The lowest BCUT2D eigenvalue weighted by Crippen LogP contribution is -2.38. The number of rotatable bonds is 4. The van der Waals surface area contributed by atoms with E-state index in [9.17, 15) is 0 Å². The quantitative estimate of drug-likeness (QED) is 0.926. The third-order valence-corrected chi connectivity index (χ3v) is 5.02. The molecule has 1 aliphatic carbocycles. The minimum atomic E-state index is -0.313. The highest BCUT2D eigenvalue weighted by molar-refractivity contribution is 5.26. The van der Waals surface area contributed by atoms with Crippen LogP contribution in [-0.2, 0) is 16.8 Å². The lowest BCUT2D eigenvalue weighted by Gasteiger charge is -2.41. The second kappa shape index (κ2) is 6.01. The van der Waals surface area contributed by atoms with Gasteiger partial charge in [0.05, 0.1) is 0 Å². The van der Waals surface area contributed by atoms with E-state index < -0.39 is 0 Å². The molecule has 118 valence electrons. The fourth-order valence-corrected chi connectivity index (χ4v) is 3.30. The van der Waals surface area contributed by atoms with Gasteiger partial charge in [0, 0.05) is 18.5 Å². The first-order valence-corrected chi connectivity index (χ1v) is 7.93. The van der Waals surface area contributed by atoms with Gasteiger partial charge >= 0.3 is 0 Å². The normalized spacial score (nSPS) is 20.5. The van der Waals surface area contributed by atoms with Gasteiger partial charge in [-0.15, -0.1) is 0 Å². The smallest absolute Gasteiger partial charge is 0.160 e. The molecule has 21 heavy (non-hydrogen) atoms. The predicted molar refractivity (Wildman–Crippen MR) is 85.2 cm³/mol. The van der Waals surface area contributed by atoms with Gasteiger partial charge in [0.2, 0.25) is 0 Å². The first-order valence-electron chi connectivity index (χ1n) is 7.93. The second-order valence-electron chi connectivity index (χ2n) is 7.10. The molecule has 0 unspecified atom stereocenters. The van der Waals surface area contributed by atoms with Crippen molar-refractivity contribution in [3.05, 3.63) is 22.8 Å². The Morgan fingerprint density at radius 3 is 2.00 bits per heavy atom. The standard InChI is InChI=1S/C17H29N3O/c1-12-14(6-11-18)13(2)20-15(19-12)17(21-5)9-7-16(3,4)8-10-17/h6-11,18H2,1-5H3. The summed E-state index contributed by atoms with van der Waals surface area (Å²) in [4.78, 5) is 9.55. The summed E-state index contributed by atoms with van der Waals surface area (Å²) in [7, 11) is 1.79. The monoisotopic (exact) mass is 291 g/mol. The summed E-state index contributed by atoms with van der Waals surface area (Å²) in [5.41, 5.74) is 9.04. The summed E-state index contributed by atoms with van der Waals surface area (Å²) in [6.45, 7) is 9.40. The molecule has 0 aliphatic heterocycles. The van der Waals surface area contributed by atoms with Crippen molar-refractivity contribution < 1.29 is 4.74 Å². The third-order valence-electron chi connectivity index (χ3n) is 5.02. The molecule has 1 aliphatic rings. The molecule has 1 saturated carbocycles. The predicted octanol–water partition coefficient (Wildman–Crippen LogP) is 3.04. The summed E-state index contributed by atoms with van der Waals surface area (Å²) in [5, 5.41) is 0. The molecular formula is C17H29N3O. The molecule has 2 rings (SSSR count). The summed E-state index contributed by atoms with van der Waals surface area (Å²) < 4.78 is 5.92. The minimum Gasteiger partial charge on any atom is -0.370 e. The first kappa shape index (κ1) is 16.4. The summed E-state index contributed by atoms with van der Waals surface area (Å²) in [6.07, 6.45) is 5.11. The molecule has 0 atom stereocenters. The molecule has 0 amide bonds. The molecule has 1 aromatic rings. The lowest BCUT2D eigenvalue weighted by molar-refractivity contribution is -0.0731. The number of nitrogens with two attached hydrogens (primary N) is 1. The maximum Gasteiger partial charge on any atom is 0.160 e. The summed E-state index contributed by atoms with van der Waals surface area (Å²) in [5.74, 6) is 0.858. The largest absolute Gasteiger partial charge is 0.370 e. The SMILES string of the molecule is COC1(c2nc(C)c(CCN)c(C)n2)CCC(C)(C)CC1. The molecule has 4 nitrogen and oxygen atoms in total. The number of ether oxygens (including phenoxy) is 1. The van der Waals surface area contributed by atoms with Crippen LogP contribution >= 0.6 is 0 Å². The first-order chi connectivity index (χ1) is 9.83. The van der Waals surface area contributed by atoms with Crippen LogP contribution in [0.2, 0.25) is 0 Å². The Hall–Kier alpha value is -1.00. The zero-order chi connectivity index (χ0) is 15.7. The highest BCUT2D eigenvalue weighted by Gasteiger charge is 2.42. The number of methoxy groups -OCH3 is 1. The molecular weight excluding hydrogens is 262 g/mol. The van der Waals surface area contributed by atoms with Crippen LogP contribution < -0.4 is 5.73 Å². The zero-order valence-corrected chi connectivity index (χ0v) is 14.1. The maximum absolute atomic E-state index is 5.92. The van der Waals surface area contributed by atoms with Gasteiger partial charge in [-0.05, 0) is 63.5 Å². The number of hydrogen-bond donors (Lipinski definition) is 1. The van der Waals surface area contributed by atoms with Gasteiger partial charge in [-0.1, -0.05) is 13.8 Å². The number of nitrogens with zero attached hydrogens (tertiary/aromatic N) is 2. The molecule has 0 bridgehead atoms. The summed E-state index contributed by atoms with van der Waals surface area (Å²) >= 11 is 0. The molecule has 0 radical (unpaired) electrons. The molecule has 0 saturated heterocycles. The van der Waals surface area contributed by atoms with Gasteiger partial charge in [-0.25, -0.2) is 9.97 Å². The Morgan fingerprint density at radius 2 is 1.57 bits per heavy atom. The average Bonchev–Trinajstić information content (AvgIpc) is 2.43. The number of aromatic nitrogens is 2. The van der Waals surface area contributed by atoms with Crippen molar-refractivity contribution in [2.45, 2.75) is 65.4 Å². The molecule has 2 N–H and O–H groups in total. The van der Waals surface area contributed by atoms with Crippen LogP contribution in [0.5, 0.6) is 0 Å². The van der Waals surface area contributed by atoms with Gasteiger partial charge in [-0.3, -0.25) is 0 Å². The van der Waals surface area contributed by atoms with E-state index in [1.165, 1.54) is 5.56 Å². The Balaban J connectivity index is 2.35. The van der Waals surface area contributed by atoms with Crippen molar-refractivity contribution in [2.75, 3.05) is 13.7 Å². The van der Waals surface area contributed by atoms with Gasteiger partial charge < -0.3 is 10.5 Å². The van der Waals surface area contributed by atoms with E-state index in [2.05, 4.69) is 27.7 Å². The molecule has 1 aromatic heterocycles. The average molecular weight is 291 g/mol. The van der Waals surface area contributed by atoms with Gasteiger partial charge in [0.25, 0.3) is 0 Å². The van der Waals surface area contributed by atoms with Crippen molar-refractivity contribution in [1.82, 2.24) is 9.97 Å². The second-order valence-corrected chi connectivity index (χ2v) is 7.10. The fraction of sp³-hybridized carbons (Fsp3) is 0.765. The Labute approximate surface area is 128 Å². The highest BCUT2D eigenvalue weighted by atomic mass is 16.5. The van der Waals surface area contributed by atoms with E-state index >= 15 is 0 Å².